The summed E-state index contributed by atoms with van der Waals surface area (Å²) in [6, 6.07) is 0. The first-order valence-electron chi connectivity index (χ1n) is 12.6. The lowest BCUT2D eigenvalue weighted by atomic mass is 9.46. The van der Waals surface area contributed by atoms with E-state index in [2.05, 4.69) is 59.8 Å². The first kappa shape index (κ1) is 20.7. The normalized spacial score (nSPS) is 46.0. The lowest BCUT2D eigenvalue weighted by molar-refractivity contribution is -0.0425. The summed E-state index contributed by atoms with van der Waals surface area (Å²) in [5.74, 6) is 6.11. The zero-order valence-corrected chi connectivity index (χ0v) is 19.6. The molecule has 4 rings (SSSR count). The van der Waals surface area contributed by atoms with Gasteiger partial charge >= 0.3 is 0 Å². The monoisotopic (exact) mass is 382 g/mol. The Labute approximate surface area is 175 Å². The highest BCUT2D eigenvalue weighted by Crippen LogP contribution is 2.65. The number of hydrogen-bond acceptors (Lipinski definition) is 0. The maximum Gasteiger partial charge on any atom is -0.00850 e. The highest BCUT2D eigenvalue weighted by atomic mass is 14.6. The largest absolute Gasteiger partial charge is 0.0845 e. The molecule has 2 fully saturated rings. The van der Waals surface area contributed by atoms with Gasteiger partial charge in [0.2, 0.25) is 0 Å². The Hall–Kier alpha value is -0.520. The van der Waals surface area contributed by atoms with Crippen molar-refractivity contribution in [3.63, 3.8) is 0 Å². The minimum atomic E-state index is 0.519. The summed E-state index contributed by atoms with van der Waals surface area (Å²) < 4.78 is 0. The van der Waals surface area contributed by atoms with Gasteiger partial charge in [-0.1, -0.05) is 84.6 Å². The average molecular weight is 383 g/mol. The Morgan fingerprint density at radius 2 is 1.82 bits per heavy atom. The van der Waals surface area contributed by atoms with Gasteiger partial charge in [0.15, 0.2) is 0 Å². The maximum absolute atomic E-state index is 2.72. The molecule has 0 aliphatic heterocycles. The number of allylic oxidation sites excluding steroid dienone is 4. The van der Waals surface area contributed by atoms with E-state index in [1.807, 2.05) is 5.57 Å². The van der Waals surface area contributed by atoms with E-state index in [9.17, 15) is 0 Å². The van der Waals surface area contributed by atoms with E-state index in [-0.39, 0.29) is 0 Å². The molecule has 158 valence electrons. The SMILES string of the molecule is CC(C)CCCC(C)C1C=CC2C3CC=C4CC(C)CCC4(C)C3CCC12C. The predicted molar refractivity (Wildman–Crippen MR) is 122 cm³/mol. The number of hydrogen-bond donors (Lipinski definition) is 0. The minimum absolute atomic E-state index is 0.519. The Balaban J connectivity index is 1.50. The highest BCUT2D eigenvalue weighted by molar-refractivity contribution is 5.27. The van der Waals surface area contributed by atoms with Crippen LogP contribution in [0.15, 0.2) is 23.8 Å². The van der Waals surface area contributed by atoms with Gasteiger partial charge in [0.25, 0.3) is 0 Å². The molecule has 4 aliphatic rings. The van der Waals surface area contributed by atoms with Gasteiger partial charge in [-0.05, 0) is 90.8 Å². The summed E-state index contributed by atoms with van der Waals surface area (Å²) in [7, 11) is 0. The van der Waals surface area contributed by atoms with Crippen LogP contribution in [0.5, 0.6) is 0 Å². The van der Waals surface area contributed by atoms with E-state index in [0.717, 1.165) is 41.4 Å². The second kappa shape index (κ2) is 7.63. The van der Waals surface area contributed by atoms with Crippen LogP contribution in [0.25, 0.3) is 0 Å². The lowest BCUT2D eigenvalue weighted by Gasteiger charge is -2.58. The maximum atomic E-state index is 2.72. The van der Waals surface area contributed by atoms with E-state index in [0.29, 0.717) is 10.8 Å². The molecule has 0 amide bonds. The molecule has 0 radical (unpaired) electrons. The molecule has 0 aromatic rings. The molecule has 0 saturated heterocycles. The van der Waals surface area contributed by atoms with Crippen LogP contribution >= 0.6 is 0 Å². The summed E-state index contributed by atoms with van der Waals surface area (Å²) in [6.07, 6.45) is 20.9. The second-order valence-corrected chi connectivity index (χ2v) is 12.3. The Morgan fingerprint density at radius 3 is 2.57 bits per heavy atom. The van der Waals surface area contributed by atoms with Gasteiger partial charge in [-0.25, -0.2) is 0 Å². The van der Waals surface area contributed by atoms with Crippen molar-refractivity contribution in [1.82, 2.24) is 0 Å². The van der Waals surface area contributed by atoms with Crippen LogP contribution in [-0.2, 0) is 0 Å². The zero-order valence-electron chi connectivity index (χ0n) is 19.6. The summed E-state index contributed by atoms with van der Waals surface area (Å²) >= 11 is 0. The smallest absolute Gasteiger partial charge is 0.00850 e. The van der Waals surface area contributed by atoms with E-state index in [1.54, 1.807) is 0 Å². The van der Waals surface area contributed by atoms with Crippen LogP contribution in [0, 0.1) is 52.3 Å². The van der Waals surface area contributed by atoms with Gasteiger partial charge in [0.1, 0.15) is 0 Å². The fourth-order valence-electron chi connectivity index (χ4n) is 8.20. The molecule has 0 heteroatoms. The van der Waals surface area contributed by atoms with Crippen LogP contribution in [0.2, 0.25) is 0 Å². The number of rotatable bonds is 5. The van der Waals surface area contributed by atoms with Gasteiger partial charge in [-0.15, -0.1) is 0 Å². The third-order valence-electron chi connectivity index (χ3n) is 9.99. The van der Waals surface area contributed by atoms with Gasteiger partial charge < -0.3 is 0 Å². The first-order valence-corrected chi connectivity index (χ1v) is 12.6. The highest BCUT2D eigenvalue weighted by Gasteiger charge is 2.57. The van der Waals surface area contributed by atoms with Crippen molar-refractivity contribution in [2.75, 3.05) is 0 Å². The molecule has 0 aromatic carbocycles. The molecule has 0 aromatic heterocycles. The molecule has 0 N–H and O–H groups in total. The fourth-order valence-corrected chi connectivity index (χ4v) is 8.20. The third kappa shape index (κ3) is 3.35. The molecule has 8 atom stereocenters. The molecule has 2 saturated carbocycles. The van der Waals surface area contributed by atoms with Crippen molar-refractivity contribution in [2.24, 2.45) is 52.3 Å². The molecule has 0 heterocycles. The summed E-state index contributed by atoms with van der Waals surface area (Å²) in [4.78, 5) is 0. The quantitative estimate of drug-likeness (QED) is 0.418. The van der Waals surface area contributed by atoms with E-state index in [4.69, 9.17) is 0 Å². The van der Waals surface area contributed by atoms with Crippen LogP contribution < -0.4 is 0 Å². The fraction of sp³-hybridized carbons (Fsp3) is 0.857. The molecule has 28 heavy (non-hydrogen) atoms. The third-order valence-corrected chi connectivity index (χ3v) is 9.99. The average Bonchev–Trinajstić information content (AvgIpc) is 2.99. The molecular formula is C28H46. The molecule has 8 unspecified atom stereocenters. The van der Waals surface area contributed by atoms with Crippen LogP contribution in [0.3, 0.4) is 0 Å². The number of fused-ring (bicyclic) bond motifs is 5. The minimum Gasteiger partial charge on any atom is -0.0845 e. The van der Waals surface area contributed by atoms with Crippen LogP contribution in [0.4, 0.5) is 0 Å². The molecule has 4 aliphatic carbocycles. The first-order chi connectivity index (χ1) is 13.3. The molecule has 0 spiro atoms. The second-order valence-electron chi connectivity index (χ2n) is 12.3. The van der Waals surface area contributed by atoms with Crippen LogP contribution in [0.1, 0.15) is 99.3 Å². The summed E-state index contributed by atoms with van der Waals surface area (Å²) in [6.45, 7) is 15.1. The van der Waals surface area contributed by atoms with Crippen molar-refractivity contribution in [2.45, 2.75) is 99.3 Å². The Bertz CT molecular complexity index is 624. The van der Waals surface area contributed by atoms with E-state index in [1.165, 1.54) is 57.8 Å². The molecule has 0 bridgehead atoms. The van der Waals surface area contributed by atoms with E-state index >= 15 is 0 Å². The van der Waals surface area contributed by atoms with Crippen molar-refractivity contribution in [3.05, 3.63) is 23.8 Å². The van der Waals surface area contributed by atoms with Gasteiger partial charge in [-0.2, -0.15) is 0 Å². The van der Waals surface area contributed by atoms with Crippen molar-refractivity contribution >= 4 is 0 Å². The summed E-state index contributed by atoms with van der Waals surface area (Å²) in [5, 5.41) is 0. The predicted octanol–water partition coefficient (Wildman–Crippen LogP) is 8.44. The lowest BCUT2D eigenvalue weighted by Crippen LogP contribution is -2.50. The van der Waals surface area contributed by atoms with Gasteiger partial charge in [0, 0.05) is 0 Å². The Kier molecular flexibility index (Phi) is 5.65. The van der Waals surface area contributed by atoms with Crippen molar-refractivity contribution in [1.29, 1.82) is 0 Å². The zero-order chi connectivity index (χ0) is 20.1. The Morgan fingerprint density at radius 1 is 1.04 bits per heavy atom. The van der Waals surface area contributed by atoms with Crippen molar-refractivity contribution < 1.29 is 0 Å². The van der Waals surface area contributed by atoms with Crippen molar-refractivity contribution in [3.8, 4) is 0 Å². The van der Waals surface area contributed by atoms with Gasteiger partial charge in [0.05, 0.1) is 0 Å². The molecular weight excluding hydrogens is 336 g/mol. The van der Waals surface area contributed by atoms with Gasteiger partial charge in [-0.3, -0.25) is 0 Å². The van der Waals surface area contributed by atoms with Crippen LogP contribution in [-0.4, -0.2) is 0 Å². The standard InChI is InChI=1S/C28H46/c1-19(2)8-7-9-21(4)24-12-13-25-23-11-10-22-18-20(3)14-16-27(22,5)26(23)15-17-28(24,25)6/h10,12-13,19-21,23-26H,7-9,11,14-18H2,1-6H3. The summed E-state index contributed by atoms with van der Waals surface area (Å²) in [5.41, 5.74) is 2.89. The molecule has 0 nitrogen and oxygen atoms in total. The van der Waals surface area contributed by atoms with E-state index < -0.39 is 0 Å². The topological polar surface area (TPSA) is 0 Å².